The summed E-state index contributed by atoms with van der Waals surface area (Å²) in [5.74, 6) is -4.36. The molecule has 1 N–H and O–H groups in total. The van der Waals surface area contributed by atoms with Gasteiger partial charge in [0.2, 0.25) is 5.92 Å². The number of anilines is 1. The van der Waals surface area contributed by atoms with Gasteiger partial charge in [-0.2, -0.15) is 13.2 Å². The second-order valence-corrected chi connectivity index (χ2v) is 10.3. The van der Waals surface area contributed by atoms with E-state index in [1.165, 1.54) is 31.9 Å². The van der Waals surface area contributed by atoms with Crippen molar-refractivity contribution in [1.82, 2.24) is 4.31 Å². The first-order chi connectivity index (χ1) is 14.7. The second kappa shape index (κ2) is 8.89. The number of fused-ring (bicyclic) bond motifs is 1. The smallest absolute Gasteiger partial charge is 0.420 e. The van der Waals surface area contributed by atoms with Crippen LogP contribution in [0.4, 0.5) is 27.6 Å². The molecule has 3 rings (SSSR count). The van der Waals surface area contributed by atoms with Gasteiger partial charge in [0, 0.05) is 32.0 Å². The summed E-state index contributed by atoms with van der Waals surface area (Å²) in [5.41, 5.74) is -2.04. The minimum absolute atomic E-state index is 0.202. The van der Waals surface area contributed by atoms with Gasteiger partial charge in [0.25, 0.3) is 0 Å². The normalized spacial score (nSPS) is 20.6. The van der Waals surface area contributed by atoms with E-state index in [4.69, 9.17) is 4.74 Å². The van der Waals surface area contributed by atoms with Crippen molar-refractivity contribution in [2.45, 2.75) is 62.6 Å². The number of carbonyl (C=O) groups is 1. The molecule has 0 atom stereocenters. The van der Waals surface area contributed by atoms with Gasteiger partial charge in [-0.3, -0.25) is 4.79 Å². The third-order valence-electron chi connectivity index (χ3n) is 5.88. The molecule has 1 aliphatic carbocycles. The standard InChI is InChI=1S/C21H27F5N2O3S/c1-19(2,18(29)30)12-31-16-11-17-15(10-14(16)21(24,25)26)28(9-8-27(3)32-17)13-4-6-20(22,23)7-5-13/h10-11,13H,4-9,12H2,1-3H3,(H,29,30). The van der Waals surface area contributed by atoms with Gasteiger partial charge in [0.1, 0.15) is 12.4 Å². The van der Waals surface area contributed by atoms with Crippen molar-refractivity contribution < 1.29 is 36.6 Å². The Hall–Kier alpha value is -1.75. The molecule has 1 aromatic rings. The molecule has 1 aliphatic heterocycles. The summed E-state index contributed by atoms with van der Waals surface area (Å²) in [7, 11) is 1.80. The van der Waals surface area contributed by atoms with Crippen molar-refractivity contribution in [2.75, 3.05) is 31.6 Å². The van der Waals surface area contributed by atoms with E-state index in [-0.39, 0.29) is 31.7 Å². The summed E-state index contributed by atoms with van der Waals surface area (Å²) in [6.07, 6.45) is -4.90. The number of ether oxygens (including phenoxy) is 1. The fraction of sp³-hybridized carbons (Fsp3) is 0.667. The Balaban J connectivity index is 2.00. The topological polar surface area (TPSA) is 53.0 Å². The monoisotopic (exact) mass is 482 g/mol. The number of carboxylic acid groups (broad SMARTS) is 1. The minimum Gasteiger partial charge on any atom is -0.492 e. The van der Waals surface area contributed by atoms with Crippen molar-refractivity contribution in [3.8, 4) is 5.75 Å². The summed E-state index contributed by atoms with van der Waals surface area (Å²) < 4.78 is 76.3. The van der Waals surface area contributed by atoms with Crippen LogP contribution in [-0.4, -0.2) is 54.1 Å². The third kappa shape index (κ3) is 5.59. The predicted octanol–water partition coefficient (Wildman–Crippen LogP) is 5.53. The predicted molar refractivity (Wildman–Crippen MR) is 111 cm³/mol. The van der Waals surface area contributed by atoms with E-state index in [0.29, 0.717) is 23.7 Å². The summed E-state index contributed by atoms with van der Waals surface area (Å²) in [6, 6.07) is 2.02. The highest BCUT2D eigenvalue weighted by atomic mass is 32.2. The first-order valence-electron chi connectivity index (χ1n) is 10.3. The van der Waals surface area contributed by atoms with Gasteiger partial charge in [0.05, 0.1) is 21.6 Å². The van der Waals surface area contributed by atoms with Crippen LogP contribution in [0.3, 0.4) is 0 Å². The number of carboxylic acids is 1. The minimum atomic E-state index is -4.73. The Labute approximate surface area is 188 Å². The Kier molecular flexibility index (Phi) is 6.91. The number of nitrogens with zero attached hydrogens (tertiary/aromatic N) is 2. The zero-order valence-corrected chi connectivity index (χ0v) is 19.0. The summed E-state index contributed by atoms with van der Waals surface area (Å²) in [4.78, 5) is 13.7. The van der Waals surface area contributed by atoms with Crippen molar-refractivity contribution >= 4 is 23.6 Å². The van der Waals surface area contributed by atoms with E-state index in [9.17, 15) is 31.9 Å². The first-order valence-corrected chi connectivity index (χ1v) is 11.1. The average Bonchev–Trinajstić information content (AvgIpc) is 2.83. The fourth-order valence-corrected chi connectivity index (χ4v) is 4.74. The molecule has 5 nitrogen and oxygen atoms in total. The van der Waals surface area contributed by atoms with Crippen LogP contribution in [0.5, 0.6) is 5.75 Å². The Morgan fingerprint density at radius 1 is 1.22 bits per heavy atom. The molecule has 0 bridgehead atoms. The van der Waals surface area contributed by atoms with Gasteiger partial charge in [0.15, 0.2) is 0 Å². The molecule has 2 aliphatic rings. The molecule has 11 heteroatoms. The SMILES string of the molecule is CN1CCN(C2CCC(F)(F)CC2)c2cc(C(F)(F)F)c(OCC(C)(C)C(=O)O)cc2S1. The molecule has 0 unspecified atom stereocenters. The second-order valence-electron chi connectivity index (χ2n) is 9.01. The van der Waals surface area contributed by atoms with Gasteiger partial charge in [-0.25, -0.2) is 13.1 Å². The number of hydrogen-bond donors (Lipinski definition) is 1. The van der Waals surface area contributed by atoms with Gasteiger partial charge in [-0.15, -0.1) is 0 Å². The molecule has 1 saturated carbocycles. The van der Waals surface area contributed by atoms with Gasteiger partial charge < -0.3 is 14.7 Å². The van der Waals surface area contributed by atoms with Crippen LogP contribution < -0.4 is 9.64 Å². The molecule has 0 spiro atoms. The van der Waals surface area contributed by atoms with Gasteiger partial charge in [-0.1, -0.05) is 0 Å². The highest BCUT2D eigenvalue weighted by Crippen LogP contribution is 2.47. The summed E-state index contributed by atoms with van der Waals surface area (Å²) in [5, 5.41) is 9.26. The van der Waals surface area contributed by atoms with Gasteiger partial charge in [-0.05, 0) is 57.8 Å². The zero-order valence-electron chi connectivity index (χ0n) is 18.1. The number of benzene rings is 1. The molecule has 1 heterocycles. The molecule has 32 heavy (non-hydrogen) atoms. The first kappa shape index (κ1) is 24.9. The molecule has 1 aromatic carbocycles. The number of halogens is 5. The Morgan fingerprint density at radius 3 is 2.41 bits per heavy atom. The van der Waals surface area contributed by atoms with Crippen molar-refractivity contribution in [1.29, 1.82) is 0 Å². The van der Waals surface area contributed by atoms with Crippen LogP contribution in [0, 0.1) is 5.41 Å². The van der Waals surface area contributed by atoms with E-state index in [0.717, 1.165) is 6.07 Å². The summed E-state index contributed by atoms with van der Waals surface area (Å²) in [6.45, 7) is 3.25. The lowest BCUT2D eigenvalue weighted by Crippen LogP contribution is -2.43. The lowest BCUT2D eigenvalue weighted by Gasteiger charge is -2.38. The number of likely N-dealkylation sites (N-methyl/N-ethyl adjacent to an activating group) is 1. The Bertz CT molecular complexity index is 853. The third-order valence-corrected chi connectivity index (χ3v) is 6.90. The number of aliphatic carboxylic acids is 1. The molecule has 0 amide bonds. The van der Waals surface area contributed by atoms with Crippen LogP contribution >= 0.6 is 11.9 Å². The van der Waals surface area contributed by atoms with Crippen LogP contribution in [0.2, 0.25) is 0 Å². The van der Waals surface area contributed by atoms with E-state index >= 15 is 0 Å². The molecule has 0 radical (unpaired) electrons. The summed E-state index contributed by atoms with van der Waals surface area (Å²) >= 11 is 1.25. The van der Waals surface area contributed by atoms with E-state index in [1.807, 2.05) is 4.31 Å². The molecule has 0 aromatic heterocycles. The van der Waals surface area contributed by atoms with Crippen molar-refractivity contribution in [3.63, 3.8) is 0 Å². The van der Waals surface area contributed by atoms with Crippen molar-refractivity contribution in [2.24, 2.45) is 5.41 Å². The Morgan fingerprint density at radius 2 is 1.84 bits per heavy atom. The fourth-order valence-electron chi connectivity index (χ4n) is 3.81. The van der Waals surface area contributed by atoms with Crippen LogP contribution in [0.1, 0.15) is 45.1 Å². The molecular weight excluding hydrogens is 455 g/mol. The van der Waals surface area contributed by atoms with Gasteiger partial charge >= 0.3 is 12.1 Å². The average molecular weight is 483 g/mol. The highest BCUT2D eigenvalue weighted by molar-refractivity contribution is 7.97. The van der Waals surface area contributed by atoms with E-state index in [1.54, 1.807) is 11.9 Å². The number of hydrogen-bond acceptors (Lipinski definition) is 5. The van der Waals surface area contributed by atoms with Crippen LogP contribution in [0.15, 0.2) is 17.0 Å². The molecule has 0 saturated heterocycles. The molecule has 180 valence electrons. The molecular formula is C21H27F5N2O3S. The van der Waals surface area contributed by atoms with Crippen molar-refractivity contribution in [3.05, 3.63) is 17.7 Å². The van der Waals surface area contributed by atoms with Crippen LogP contribution in [-0.2, 0) is 11.0 Å². The molecule has 1 fully saturated rings. The number of alkyl halides is 5. The van der Waals surface area contributed by atoms with E-state index in [2.05, 4.69) is 0 Å². The lowest BCUT2D eigenvalue weighted by molar-refractivity contribution is -0.148. The van der Waals surface area contributed by atoms with Crippen LogP contribution in [0.25, 0.3) is 0 Å². The maximum absolute atomic E-state index is 13.9. The van der Waals surface area contributed by atoms with E-state index < -0.39 is 41.4 Å². The zero-order chi connectivity index (χ0) is 23.9. The quantitative estimate of drug-likeness (QED) is 0.440. The lowest BCUT2D eigenvalue weighted by atomic mass is 9.90. The maximum atomic E-state index is 13.9. The number of rotatable bonds is 5. The highest BCUT2D eigenvalue weighted by Gasteiger charge is 2.41. The maximum Gasteiger partial charge on any atom is 0.420 e. The largest absolute Gasteiger partial charge is 0.492 e.